The van der Waals surface area contributed by atoms with Crippen LogP contribution in [-0.4, -0.2) is 38.0 Å². The van der Waals surface area contributed by atoms with Crippen LogP contribution in [0.5, 0.6) is 0 Å². The van der Waals surface area contributed by atoms with E-state index in [9.17, 15) is 8.42 Å². The SMILES string of the molecule is CCCNS(=O)(=O)N(C)Cc1csc(C#CCCO)c1. The van der Waals surface area contributed by atoms with Crippen LogP contribution in [0.4, 0.5) is 0 Å². The fourth-order valence-electron chi connectivity index (χ4n) is 1.41. The van der Waals surface area contributed by atoms with Crippen molar-refractivity contribution in [3.8, 4) is 11.8 Å². The van der Waals surface area contributed by atoms with E-state index in [4.69, 9.17) is 5.11 Å². The Morgan fingerprint density at radius 1 is 1.50 bits per heavy atom. The van der Waals surface area contributed by atoms with Crippen LogP contribution in [0.25, 0.3) is 0 Å². The van der Waals surface area contributed by atoms with E-state index in [1.54, 1.807) is 7.05 Å². The zero-order valence-electron chi connectivity index (χ0n) is 11.7. The van der Waals surface area contributed by atoms with E-state index in [1.807, 2.05) is 18.4 Å². The highest BCUT2D eigenvalue weighted by atomic mass is 32.2. The summed E-state index contributed by atoms with van der Waals surface area (Å²) in [5.74, 6) is 5.78. The molecule has 0 aliphatic rings. The first-order chi connectivity index (χ1) is 9.49. The highest BCUT2D eigenvalue weighted by Crippen LogP contribution is 2.16. The average Bonchev–Trinajstić information content (AvgIpc) is 2.84. The third-order valence-electron chi connectivity index (χ3n) is 2.45. The quantitative estimate of drug-likeness (QED) is 0.742. The van der Waals surface area contributed by atoms with Crippen LogP contribution >= 0.6 is 11.3 Å². The lowest BCUT2D eigenvalue weighted by Gasteiger charge is -2.16. The van der Waals surface area contributed by atoms with Gasteiger partial charge < -0.3 is 5.11 Å². The summed E-state index contributed by atoms with van der Waals surface area (Å²) in [5, 5.41) is 10.5. The molecule has 1 aromatic heterocycles. The number of hydrogen-bond acceptors (Lipinski definition) is 4. The van der Waals surface area contributed by atoms with E-state index >= 15 is 0 Å². The van der Waals surface area contributed by atoms with Crippen molar-refractivity contribution in [1.29, 1.82) is 0 Å². The van der Waals surface area contributed by atoms with Gasteiger partial charge in [-0.2, -0.15) is 12.7 Å². The molecule has 0 unspecified atom stereocenters. The molecule has 0 atom stereocenters. The van der Waals surface area contributed by atoms with Crippen molar-refractivity contribution in [2.75, 3.05) is 20.2 Å². The summed E-state index contributed by atoms with van der Waals surface area (Å²) in [5.41, 5.74) is 0.910. The number of aliphatic hydroxyl groups excluding tert-OH is 1. The lowest BCUT2D eigenvalue weighted by Crippen LogP contribution is -2.37. The lowest BCUT2D eigenvalue weighted by atomic mass is 10.3. The maximum atomic E-state index is 11.9. The monoisotopic (exact) mass is 316 g/mol. The highest BCUT2D eigenvalue weighted by molar-refractivity contribution is 7.87. The maximum Gasteiger partial charge on any atom is 0.279 e. The highest BCUT2D eigenvalue weighted by Gasteiger charge is 2.17. The molecule has 0 aliphatic carbocycles. The molecule has 0 saturated heterocycles. The zero-order chi connectivity index (χ0) is 15.0. The minimum Gasteiger partial charge on any atom is -0.395 e. The van der Waals surface area contributed by atoms with Crippen molar-refractivity contribution < 1.29 is 13.5 Å². The second-order valence-corrected chi connectivity index (χ2v) is 7.02. The Hall–Kier alpha value is -0.910. The second kappa shape index (κ2) is 8.39. The van der Waals surface area contributed by atoms with Crippen molar-refractivity contribution in [3.63, 3.8) is 0 Å². The van der Waals surface area contributed by atoms with Gasteiger partial charge in [0.2, 0.25) is 0 Å². The molecule has 0 fully saturated rings. The van der Waals surface area contributed by atoms with Crippen LogP contribution in [0.15, 0.2) is 11.4 Å². The van der Waals surface area contributed by atoms with Gasteiger partial charge in [0.25, 0.3) is 10.2 Å². The molecular weight excluding hydrogens is 296 g/mol. The van der Waals surface area contributed by atoms with Gasteiger partial charge in [0, 0.05) is 26.6 Å². The number of hydrogen-bond donors (Lipinski definition) is 2. The summed E-state index contributed by atoms with van der Waals surface area (Å²) in [6, 6.07) is 1.88. The largest absolute Gasteiger partial charge is 0.395 e. The molecule has 0 bridgehead atoms. The van der Waals surface area contributed by atoms with Gasteiger partial charge in [-0.1, -0.05) is 18.8 Å². The zero-order valence-corrected chi connectivity index (χ0v) is 13.4. The van der Waals surface area contributed by atoms with E-state index < -0.39 is 10.2 Å². The lowest BCUT2D eigenvalue weighted by molar-refractivity contribution is 0.305. The van der Waals surface area contributed by atoms with Crippen LogP contribution < -0.4 is 4.72 Å². The van der Waals surface area contributed by atoms with E-state index in [2.05, 4.69) is 16.6 Å². The molecule has 7 heteroatoms. The predicted octanol–water partition coefficient (Wildman–Crippen LogP) is 1.16. The molecule has 0 spiro atoms. The number of nitrogens with zero attached hydrogens (tertiary/aromatic N) is 1. The third-order valence-corrected chi connectivity index (χ3v) is 4.87. The van der Waals surface area contributed by atoms with Crippen LogP contribution in [0.3, 0.4) is 0 Å². The molecule has 20 heavy (non-hydrogen) atoms. The Morgan fingerprint density at radius 3 is 2.90 bits per heavy atom. The smallest absolute Gasteiger partial charge is 0.279 e. The fourth-order valence-corrected chi connectivity index (χ4v) is 3.19. The van der Waals surface area contributed by atoms with E-state index in [1.165, 1.54) is 15.6 Å². The summed E-state index contributed by atoms with van der Waals surface area (Å²) in [4.78, 5) is 0.876. The Bertz CT molecular complexity index is 570. The first kappa shape index (κ1) is 17.1. The Kier molecular flexibility index (Phi) is 7.19. The molecular formula is C13H20N2O3S2. The summed E-state index contributed by atoms with van der Waals surface area (Å²) >= 11 is 1.47. The van der Waals surface area contributed by atoms with Crippen molar-refractivity contribution in [3.05, 3.63) is 21.9 Å². The Balaban J connectivity index is 2.63. The molecule has 2 N–H and O–H groups in total. The van der Waals surface area contributed by atoms with Gasteiger partial charge in [0.1, 0.15) is 0 Å². The van der Waals surface area contributed by atoms with Crippen molar-refractivity contribution in [1.82, 2.24) is 9.03 Å². The second-order valence-electron chi connectivity index (χ2n) is 4.25. The summed E-state index contributed by atoms with van der Waals surface area (Å²) < 4.78 is 27.6. The molecule has 0 amide bonds. The fraction of sp³-hybridized carbons (Fsp3) is 0.538. The van der Waals surface area contributed by atoms with Crippen LogP contribution in [0.1, 0.15) is 30.2 Å². The molecule has 1 heterocycles. The summed E-state index contributed by atoms with van der Waals surface area (Å²) in [7, 11) is -1.87. The Morgan fingerprint density at radius 2 is 2.25 bits per heavy atom. The summed E-state index contributed by atoms with van der Waals surface area (Å²) in [6.07, 6.45) is 1.21. The van der Waals surface area contributed by atoms with Crippen molar-refractivity contribution >= 4 is 21.5 Å². The van der Waals surface area contributed by atoms with E-state index in [0.29, 0.717) is 19.5 Å². The minimum absolute atomic E-state index is 0.0509. The number of thiophene rings is 1. The van der Waals surface area contributed by atoms with Crippen molar-refractivity contribution in [2.45, 2.75) is 26.3 Å². The molecule has 1 rings (SSSR count). The van der Waals surface area contributed by atoms with Gasteiger partial charge >= 0.3 is 0 Å². The normalized spacial score (nSPS) is 11.4. The van der Waals surface area contributed by atoms with Gasteiger partial charge in [-0.25, -0.2) is 4.72 Å². The van der Waals surface area contributed by atoms with Crippen LogP contribution in [0.2, 0.25) is 0 Å². The molecule has 5 nitrogen and oxygen atoms in total. The summed E-state index contributed by atoms with van der Waals surface area (Å²) in [6.45, 7) is 2.72. The number of aliphatic hydroxyl groups is 1. The van der Waals surface area contributed by atoms with Gasteiger partial charge in [-0.3, -0.25) is 0 Å². The average molecular weight is 316 g/mol. The molecule has 1 aromatic rings. The molecule has 0 saturated carbocycles. The number of rotatable bonds is 7. The van der Waals surface area contributed by atoms with Gasteiger partial charge in [-0.05, 0) is 23.4 Å². The molecule has 0 aromatic carbocycles. The van der Waals surface area contributed by atoms with Gasteiger partial charge in [0.15, 0.2) is 0 Å². The van der Waals surface area contributed by atoms with Gasteiger partial charge in [0.05, 0.1) is 11.5 Å². The van der Waals surface area contributed by atoms with Crippen molar-refractivity contribution in [2.24, 2.45) is 0 Å². The van der Waals surface area contributed by atoms with Crippen LogP contribution in [-0.2, 0) is 16.8 Å². The maximum absolute atomic E-state index is 11.9. The van der Waals surface area contributed by atoms with E-state index in [0.717, 1.165) is 16.9 Å². The number of nitrogens with one attached hydrogen (secondary N) is 1. The topological polar surface area (TPSA) is 69.6 Å². The molecule has 112 valence electrons. The first-order valence-electron chi connectivity index (χ1n) is 6.37. The standard InChI is InChI=1S/C13H20N2O3S2/c1-3-7-14-20(17,18)15(2)10-12-9-13(19-11-12)6-4-5-8-16/h9,11,14,16H,3,5,7-8,10H2,1-2H3. The van der Waals surface area contributed by atoms with E-state index in [-0.39, 0.29) is 6.61 Å². The van der Waals surface area contributed by atoms with Gasteiger partial charge in [-0.15, -0.1) is 11.3 Å². The first-order valence-corrected chi connectivity index (χ1v) is 8.69. The minimum atomic E-state index is -3.41. The predicted molar refractivity (Wildman–Crippen MR) is 81.6 cm³/mol. The Labute approximate surface area is 124 Å². The molecule has 0 radical (unpaired) electrons. The van der Waals surface area contributed by atoms with Crippen LogP contribution in [0, 0.1) is 11.8 Å². The molecule has 0 aliphatic heterocycles. The third kappa shape index (κ3) is 5.61.